The minimum atomic E-state index is -0.0138. The van der Waals surface area contributed by atoms with Crippen LogP contribution in [0.4, 0.5) is 5.69 Å². The number of aliphatic hydroxyl groups is 1. The van der Waals surface area contributed by atoms with E-state index in [0.29, 0.717) is 17.8 Å². The summed E-state index contributed by atoms with van der Waals surface area (Å²) in [5.41, 5.74) is 8.74. The smallest absolute Gasteiger partial charge is 1.00 e. The minimum absolute atomic E-state index is 0. The van der Waals surface area contributed by atoms with Crippen molar-refractivity contribution < 1.29 is 45.7 Å². The normalized spacial score (nSPS) is 11.3. The van der Waals surface area contributed by atoms with Crippen molar-refractivity contribution in [3.8, 4) is 0 Å². The van der Waals surface area contributed by atoms with Crippen molar-refractivity contribution in [1.82, 2.24) is 9.97 Å². The average Bonchev–Trinajstić information content (AvgIpc) is 2.62. The van der Waals surface area contributed by atoms with Crippen LogP contribution in [0.15, 0.2) is 48.8 Å². The fourth-order valence-electron chi connectivity index (χ4n) is 1.93. The Hall–Kier alpha value is -2.12. The molecule has 0 radical (unpaired) electrons. The summed E-state index contributed by atoms with van der Waals surface area (Å²) in [6, 6.07) is 7.28. The Balaban J connectivity index is 0. The molecule has 2 aromatic heterocycles. The van der Waals surface area contributed by atoms with E-state index in [0.717, 1.165) is 11.3 Å². The van der Waals surface area contributed by atoms with Gasteiger partial charge in [0.25, 0.3) is 0 Å². The van der Waals surface area contributed by atoms with Gasteiger partial charge in [0.1, 0.15) is 0 Å². The molecule has 0 aromatic carbocycles. The summed E-state index contributed by atoms with van der Waals surface area (Å²) in [6.45, 7) is 3.41. The van der Waals surface area contributed by atoms with Gasteiger partial charge in [-0.15, -0.1) is 0 Å². The van der Waals surface area contributed by atoms with E-state index in [1.807, 2.05) is 12.1 Å². The summed E-state index contributed by atoms with van der Waals surface area (Å²) < 4.78 is 0. The Labute approximate surface area is 183 Å². The standard InChI is InChI=1S/C9H10N2O.C9H7NO.C2H6O.Na.H/c1-7(12)4-5-9-8(10)3-2-6-11-9;11-8-3-4-9-7(6-8)2-1-5-10-9;1-2-3;;/h2-6H,10H2,1H3;1-5H,6H2;3H,2H2,1H3;;/q;;;+1;-1/b5-4+;;;;. The van der Waals surface area contributed by atoms with Gasteiger partial charge in [-0.3, -0.25) is 19.6 Å². The molecule has 0 fully saturated rings. The van der Waals surface area contributed by atoms with E-state index >= 15 is 0 Å². The number of nitrogens with two attached hydrogens (primary N) is 1. The fourth-order valence-corrected chi connectivity index (χ4v) is 1.93. The Morgan fingerprint density at radius 1 is 1.26 bits per heavy atom. The van der Waals surface area contributed by atoms with Gasteiger partial charge >= 0.3 is 29.6 Å². The maximum Gasteiger partial charge on any atom is 1.00 e. The second kappa shape index (κ2) is 14.0. The van der Waals surface area contributed by atoms with Crippen molar-refractivity contribution in [2.24, 2.45) is 0 Å². The summed E-state index contributed by atoms with van der Waals surface area (Å²) in [7, 11) is 0. The van der Waals surface area contributed by atoms with Crippen LogP contribution in [0.2, 0.25) is 0 Å². The zero-order chi connectivity index (χ0) is 19.4. The molecule has 138 valence electrons. The molecule has 0 unspecified atom stereocenters. The first kappa shape index (κ1) is 24.9. The van der Waals surface area contributed by atoms with Crippen LogP contribution in [0, 0.1) is 0 Å². The van der Waals surface area contributed by atoms with E-state index in [1.165, 1.54) is 13.0 Å². The minimum Gasteiger partial charge on any atom is -1.00 e. The number of allylic oxidation sites excluding steroid dienone is 2. The molecular weight excluding hydrogens is 353 g/mol. The van der Waals surface area contributed by atoms with Gasteiger partial charge in [-0.2, -0.15) is 0 Å². The number of nitrogen functional groups attached to an aromatic ring is 1. The van der Waals surface area contributed by atoms with Crippen LogP contribution in [0.5, 0.6) is 0 Å². The first-order valence-electron chi connectivity index (χ1n) is 8.12. The predicted octanol–water partition coefficient (Wildman–Crippen LogP) is -0.399. The summed E-state index contributed by atoms with van der Waals surface area (Å²) in [6.07, 6.45) is 10.3. The number of ketones is 2. The van der Waals surface area contributed by atoms with Crippen LogP contribution in [0.3, 0.4) is 0 Å². The van der Waals surface area contributed by atoms with Gasteiger partial charge in [0, 0.05) is 25.4 Å². The molecule has 6 nitrogen and oxygen atoms in total. The number of hydrogen-bond donors (Lipinski definition) is 2. The molecule has 0 bridgehead atoms. The van der Waals surface area contributed by atoms with Crippen molar-refractivity contribution in [2.45, 2.75) is 20.3 Å². The fraction of sp³-hybridized carbons (Fsp3) is 0.200. The zero-order valence-electron chi connectivity index (χ0n) is 16.9. The Morgan fingerprint density at radius 3 is 2.52 bits per heavy atom. The Kier molecular flexibility index (Phi) is 12.9. The van der Waals surface area contributed by atoms with Crippen molar-refractivity contribution in [3.05, 3.63) is 65.8 Å². The molecule has 0 aliphatic heterocycles. The molecule has 2 heterocycles. The van der Waals surface area contributed by atoms with Gasteiger partial charge in [0.15, 0.2) is 11.6 Å². The molecule has 0 atom stereocenters. The van der Waals surface area contributed by atoms with Crippen LogP contribution in [-0.4, -0.2) is 33.2 Å². The number of nitrogens with zero attached hydrogens (tertiary/aromatic N) is 2. The molecule has 27 heavy (non-hydrogen) atoms. The van der Waals surface area contributed by atoms with Crippen LogP contribution >= 0.6 is 0 Å². The maximum absolute atomic E-state index is 10.9. The third-order valence-electron chi connectivity index (χ3n) is 3.07. The molecule has 3 N–H and O–H groups in total. The zero-order valence-corrected chi connectivity index (χ0v) is 17.9. The van der Waals surface area contributed by atoms with Crippen LogP contribution in [0.1, 0.15) is 32.2 Å². The van der Waals surface area contributed by atoms with Crippen molar-refractivity contribution in [1.29, 1.82) is 0 Å². The number of aromatic nitrogens is 2. The van der Waals surface area contributed by atoms with Gasteiger partial charge in [-0.1, -0.05) is 6.07 Å². The second-order valence-electron chi connectivity index (χ2n) is 5.26. The molecule has 3 rings (SSSR count). The SMILES string of the molecule is CC(=O)/C=C/c1ncccc1N.CCO.O=C1C=Cc2ncccc2C1.[H-].[Na+]. The van der Waals surface area contributed by atoms with E-state index in [1.54, 1.807) is 49.7 Å². The first-order chi connectivity index (χ1) is 12.5. The van der Waals surface area contributed by atoms with Crippen molar-refractivity contribution >= 4 is 29.4 Å². The van der Waals surface area contributed by atoms with Crippen molar-refractivity contribution in [2.75, 3.05) is 12.3 Å². The summed E-state index contributed by atoms with van der Waals surface area (Å²) in [5.74, 6) is 0.144. The third kappa shape index (κ3) is 9.96. The number of anilines is 1. The Morgan fingerprint density at radius 2 is 1.89 bits per heavy atom. The van der Waals surface area contributed by atoms with Gasteiger partial charge in [-0.25, -0.2) is 0 Å². The molecule has 1 aliphatic rings. The molecule has 1 aliphatic carbocycles. The second-order valence-corrected chi connectivity index (χ2v) is 5.26. The molecule has 2 aromatic rings. The average molecular weight is 377 g/mol. The van der Waals surface area contributed by atoms with E-state index < -0.39 is 0 Å². The number of rotatable bonds is 2. The van der Waals surface area contributed by atoms with E-state index in [9.17, 15) is 9.59 Å². The monoisotopic (exact) mass is 377 g/mol. The summed E-state index contributed by atoms with van der Waals surface area (Å²) in [5, 5.41) is 7.57. The van der Waals surface area contributed by atoms with Crippen LogP contribution in [-0.2, 0) is 16.0 Å². The van der Waals surface area contributed by atoms with Gasteiger partial charge in [-0.05, 0) is 61.9 Å². The number of aliphatic hydroxyl groups excluding tert-OH is 1. The predicted molar refractivity (Wildman–Crippen MR) is 104 cm³/mol. The largest absolute Gasteiger partial charge is 1.00 e. The quantitative estimate of drug-likeness (QED) is 0.545. The van der Waals surface area contributed by atoms with E-state index in [-0.39, 0.29) is 49.2 Å². The third-order valence-corrected chi connectivity index (χ3v) is 3.07. The number of carbonyl (C=O) groups is 2. The van der Waals surface area contributed by atoms with Crippen LogP contribution in [0.25, 0.3) is 12.2 Å². The summed E-state index contributed by atoms with van der Waals surface area (Å²) >= 11 is 0. The molecular formula is C20H24N3NaO3. The first-order valence-corrected chi connectivity index (χ1v) is 8.12. The van der Waals surface area contributed by atoms with Crippen LogP contribution < -0.4 is 35.3 Å². The number of carbonyl (C=O) groups excluding carboxylic acids is 2. The molecule has 0 saturated heterocycles. The molecule has 7 heteroatoms. The Bertz CT molecular complexity index is 811. The van der Waals surface area contributed by atoms with E-state index in [2.05, 4.69) is 9.97 Å². The van der Waals surface area contributed by atoms with Gasteiger partial charge in [0.05, 0.1) is 17.1 Å². The van der Waals surface area contributed by atoms with Gasteiger partial charge in [0.2, 0.25) is 0 Å². The number of pyridine rings is 2. The molecule has 0 spiro atoms. The number of hydrogen-bond acceptors (Lipinski definition) is 6. The van der Waals surface area contributed by atoms with Gasteiger partial charge < -0.3 is 12.3 Å². The maximum atomic E-state index is 10.9. The topological polar surface area (TPSA) is 106 Å². The molecule has 0 amide bonds. The van der Waals surface area contributed by atoms with Crippen molar-refractivity contribution in [3.63, 3.8) is 0 Å². The summed E-state index contributed by atoms with van der Waals surface area (Å²) in [4.78, 5) is 29.6. The molecule has 0 saturated carbocycles. The van der Waals surface area contributed by atoms with E-state index in [4.69, 9.17) is 10.8 Å². The number of fused-ring (bicyclic) bond motifs is 1.